The fourth-order valence-corrected chi connectivity index (χ4v) is 1.86. The molecule has 104 valence electrons. The number of amides is 1. The van der Waals surface area contributed by atoms with E-state index in [0.29, 0.717) is 21.6 Å². The van der Waals surface area contributed by atoms with Crippen molar-refractivity contribution in [3.05, 3.63) is 40.4 Å². The lowest BCUT2D eigenvalue weighted by Gasteiger charge is -2.09. The smallest absolute Gasteiger partial charge is 0.412 e. The summed E-state index contributed by atoms with van der Waals surface area (Å²) in [6, 6.07) is 8.34. The number of para-hydroxylation sites is 1. The quantitative estimate of drug-likeness (QED) is 0.903. The Morgan fingerprint density at radius 3 is 2.25 bits per heavy atom. The number of nitrogens with zero attached hydrogens (tertiary/aromatic N) is 2. The van der Waals surface area contributed by atoms with Gasteiger partial charge in [0.05, 0.1) is 22.8 Å². The minimum atomic E-state index is -0.617. The first kappa shape index (κ1) is 14.4. The molecule has 6 nitrogen and oxygen atoms in total. The van der Waals surface area contributed by atoms with Crippen molar-refractivity contribution < 1.29 is 9.53 Å². The van der Waals surface area contributed by atoms with Crippen molar-refractivity contribution in [3.63, 3.8) is 0 Å². The van der Waals surface area contributed by atoms with Gasteiger partial charge in [-0.05, 0) is 24.3 Å². The predicted molar refractivity (Wildman–Crippen MR) is 77.8 cm³/mol. The number of carbonyl (C=O) groups excluding carboxylic acids is 1. The Balaban J connectivity index is 2.13. The summed E-state index contributed by atoms with van der Waals surface area (Å²) in [5, 5.41) is 14.0. The van der Waals surface area contributed by atoms with Crippen molar-refractivity contribution in [2.45, 2.75) is 0 Å². The molecule has 0 aliphatic carbocycles. The number of nitrogens with one attached hydrogen (secondary N) is 2. The molecule has 0 aliphatic heterocycles. The second-order valence-corrected chi connectivity index (χ2v) is 4.46. The van der Waals surface area contributed by atoms with Gasteiger partial charge < -0.3 is 10.1 Å². The van der Waals surface area contributed by atoms with Gasteiger partial charge >= 0.3 is 6.09 Å². The highest BCUT2D eigenvalue weighted by molar-refractivity contribution is 6.39. The number of hydrogen-bond acceptors (Lipinski definition) is 5. The molecule has 1 aromatic carbocycles. The molecule has 1 amide bonds. The third-order valence-electron chi connectivity index (χ3n) is 2.30. The molecule has 0 saturated heterocycles. The average Bonchev–Trinajstić information content (AvgIpc) is 2.44. The van der Waals surface area contributed by atoms with Crippen molar-refractivity contribution in [1.29, 1.82) is 0 Å². The average molecular weight is 313 g/mol. The molecule has 0 radical (unpaired) electrons. The number of anilines is 3. The summed E-state index contributed by atoms with van der Waals surface area (Å²) in [7, 11) is 1.26. The van der Waals surface area contributed by atoms with E-state index in [1.54, 1.807) is 30.3 Å². The zero-order chi connectivity index (χ0) is 14.5. The van der Waals surface area contributed by atoms with Gasteiger partial charge in [0, 0.05) is 0 Å². The summed E-state index contributed by atoms with van der Waals surface area (Å²) in [6.07, 6.45) is -0.617. The van der Waals surface area contributed by atoms with Crippen molar-refractivity contribution in [1.82, 2.24) is 10.2 Å². The summed E-state index contributed by atoms with van der Waals surface area (Å²) >= 11 is 12.1. The molecular formula is C12H10Cl2N4O2. The maximum Gasteiger partial charge on any atom is 0.412 e. The Labute approximate surface area is 125 Å². The highest BCUT2D eigenvalue weighted by Gasteiger charge is 2.07. The summed E-state index contributed by atoms with van der Waals surface area (Å²) in [4.78, 5) is 11.0. The summed E-state index contributed by atoms with van der Waals surface area (Å²) in [5.74, 6) is 0.711. The SMILES string of the molecule is COC(=O)Nc1ccc(Nc2c(Cl)cccc2Cl)nn1. The van der Waals surface area contributed by atoms with Gasteiger partial charge in [0.15, 0.2) is 11.6 Å². The lowest BCUT2D eigenvalue weighted by molar-refractivity contribution is 0.187. The highest BCUT2D eigenvalue weighted by atomic mass is 35.5. The number of benzene rings is 1. The fraction of sp³-hybridized carbons (Fsp3) is 0.0833. The zero-order valence-electron chi connectivity index (χ0n) is 10.4. The molecule has 0 spiro atoms. The largest absolute Gasteiger partial charge is 0.453 e. The van der Waals surface area contributed by atoms with Crippen LogP contribution in [0.25, 0.3) is 0 Å². The van der Waals surface area contributed by atoms with Crippen LogP contribution in [0.5, 0.6) is 0 Å². The van der Waals surface area contributed by atoms with E-state index in [1.165, 1.54) is 7.11 Å². The van der Waals surface area contributed by atoms with Gasteiger partial charge in [0.2, 0.25) is 0 Å². The minimum Gasteiger partial charge on any atom is -0.453 e. The number of ether oxygens (including phenoxy) is 1. The van der Waals surface area contributed by atoms with Crippen LogP contribution >= 0.6 is 23.2 Å². The molecule has 8 heteroatoms. The molecule has 0 atom stereocenters. The van der Waals surface area contributed by atoms with Crippen molar-refractivity contribution >= 4 is 46.6 Å². The van der Waals surface area contributed by atoms with E-state index in [9.17, 15) is 4.79 Å². The third kappa shape index (κ3) is 3.49. The first-order chi connectivity index (χ1) is 9.60. The number of methoxy groups -OCH3 is 1. The first-order valence-electron chi connectivity index (χ1n) is 5.50. The molecule has 1 aromatic heterocycles. The lowest BCUT2D eigenvalue weighted by atomic mass is 10.3. The molecule has 0 fully saturated rings. The second-order valence-electron chi connectivity index (χ2n) is 3.64. The Kier molecular flexibility index (Phi) is 4.60. The number of halogens is 2. The van der Waals surface area contributed by atoms with E-state index in [1.807, 2.05) is 0 Å². The van der Waals surface area contributed by atoms with Gasteiger partial charge in [-0.1, -0.05) is 29.3 Å². The Morgan fingerprint density at radius 1 is 1.10 bits per heavy atom. The fourth-order valence-electron chi connectivity index (χ4n) is 1.37. The van der Waals surface area contributed by atoms with Gasteiger partial charge in [-0.25, -0.2) is 4.79 Å². The van der Waals surface area contributed by atoms with Crippen LogP contribution in [-0.2, 0) is 4.74 Å². The molecule has 0 saturated carbocycles. The monoisotopic (exact) mass is 312 g/mol. The van der Waals surface area contributed by atoms with Crippen LogP contribution in [0, 0.1) is 0 Å². The molecule has 0 aliphatic rings. The van der Waals surface area contributed by atoms with Crippen LogP contribution in [0.15, 0.2) is 30.3 Å². The number of hydrogen-bond donors (Lipinski definition) is 2. The van der Waals surface area contributed by atoms with Gasteiger partial charge in [0.1, 0.15) is 0 Å². The van der Waals surface area contributed by atoms with Gasteiger partial charge in [-0.15, -0.1) is 10.2 Å². The lowest BCUT2D eigenvalue weighted by Crippen LogP contribution is -2.12. The molecular weight excluding hydrogens is 303 g/mol. The van der Waals surface area contributed by atoms with Crippen molar-refractivity contribution in [2.75, 3.05) is 17.7 Å². The third-order valence-corrected chi connectivity index (χ3v) is 2.93. The maximum atomic E-state index is 11.0. The predicted octanol–water partition coefficient (Wildman–Crippen LogP) is 3.71. The van der Waals surface area contributed by atoms with Crippen LogP contribution in [0.4, 0.5) is 22.1 Å². The van der Waals surface area contributed by atoms with Gasteiger partial charge in [0.25, 0.3) is 0 Å². The molecule has 0 unspecified atom stereocenters. The number of rotatable bonds is 3. The van der Waals surface area contributed by atoms with E-state index >= 15 is 0 Å². The summed E-state index contributed by atoms with van der Waals surface area (Å²) in [6.45, 7) is 0. The Morgan fingerprint density at radius 2 is 1.70 bits per heavy atom. The summed E-state index contributed by atoms with van der Waals surface area (Å²) in [5.41, 5.74) is 0.541. The van der Waals surface area contributed by atoms with E-state index in [2.05, 4.69) is 25.6 Å². The van der Waals surface area contributed by atoms with Crippen LogP contribution in [0.1, 0.15) is 0 Å². The molecule has 0 bridgehead atoms. The van der Waals surface area contributed by atoms with E-state index in [4.69, 9.17) is 23.2 Å². The van der Waals surface area contributed by atoms with Gasteiger partial charge in [-0.2, -0.15) is 0 Å². The highest BCUT2D eigenvalue weighted by Crippen LogP contribution is 2.31. The van der Waals surface area contributed by atoms with E-state index in [0.717, 1.165) is 0 Å². The normalized spacial score (nSPS) is 9.95. The minimum absolute atomic E-state index is 0.271. The van der Waals surface area contributed by atoms with Crippen LogP contribution in [0.2, 0.25) is 10.0 Å². The Bertz CT molecular complexity index is 599. The van der Waals surface area contributed by atoms with Crippen LogP contribution < -0.4 is 10.6 Å². The number of carbonyl (C=O) groups is 1. The summed E-state index contributed by atoms with van der Waals surface area (Å²) < 4.78 is 4.44. The topological polar surface area (TPSA) is 76.1 Å². The molecule has 2 rings (SSSR count). The molecule has 2 aromatic rings. The maximum absolute atomic E-state index is 11.0. The van der Waals surface area contributed by atoms with Gasteiger partial charge in [-0.3, -0.25) is 5.32 Å². The van der Waals surface area contributed by atoms with E-state index < -0.39 is 6.09 Å². The number of aromatic nitrogens is 2. The zero-order valence-corrected chi connectivity index (χ0v) is 11.9. The molecule has 20 heavy (non-hydrogen) atoms. The van der Waals surface area contributed by atoms with Crippen LogP contribution in [0.3, 0.4) is 0 Å². The van der Waals surface area contributed by atoms with Crippen molar-refractivity contribution in [3.8, 4) is 0 Å². The Hall–Kier alpha value is -2.05. The van der Waals surface area contributed by atoms with Crippen LogP contribution in [-0.4, -0.2) is 23.4 Å². The first-order valence-corrected chi connectivity index (χ1v) is 6.25. The second kappa shape index (κ2) is 6.40. The molecule has 1 heterocycles. The van der Waals surface area contributed by atoms with Crippen molar-refractivity contribution in [2.24, 2.45) is 0 Å². The van der Waals surface area contributed by atoms with E-state index in [-0.39, 0.29) is 5.82 Å². The molecule has 2 N–H and O–H groups in total. The standard InChI is InChI=1S/C12H10Cl2N4O2/c1-20-12(19)16-10-6-5-9(17-18-10)15-11-7(13)3-2-4-8(11)14/h2-6H,1H3,(H,15,17)(H,16,18,19).